The van der Waals surface area contributed by atoms with E-state index >= 15 is 0 Å². The molecule has 40 heavy (non-hydrogen) atoms. The van der Waals surface area contributed by atoms with Crippen molar-refractivity contribution in [2.45, 2.75) is 39.2 Å². The van der Waals surface area contributed by atoms with Crippen molar-refractivity contribution in [1.29, 1.82) is 0 Å². The van der Waals surface area contributed by atoms with Crippen molar-refractivity contribution in [1.82, 2.24) is 0 Å². The average molecular weight is 546 g/mol. The summed E-state index contributed by atoms with van der Waals surface area (Å²) < 4.78 is 22.0. The zero-order valence-corrected chi connectivity index (χ0v) is 24.4. The number of nitrogens with zero attached hydrogens (tertiary/aromatic N) is 2. The van der Waals surface area contributed by atoms with Gasteiger partial charge in [0.2, 0.25) is 0 Å². The molecule has 0 amide bonds. The van der Waals surface area contributed by atoms with Gasteiger partial charge < -0.3 is 34.5 Å². The Kier molecular flexibility index (Phi) is 10.3. The summed E-state index contributed by atoms with van der Waals surface area (Å²) in [4.78, 5) is 4.64. The molecule has 2 N–H and O–H groups in total. The molecule has 0 aromatic heterocycles. The van der Waals surface area contributed by atoms with Gasteiger partial charge in [0.25, 0.3) is 0 Å². The van der Waals surface area contributed by atoms with E-state index in [0.717, 1.165) is 35.0 Å². The maximum atomic E-state index is 6.28. The van der Waals surface area contributed by atoms with Crippen LogP contribution in [0.1, 0.15) is 38.7 Å². The van der Waals surface area contributed by atoms with Gasteiger partial charge in [-0.25, -0.2) is 0 Å². The standard InChI is InChI=1S/C33H43N3O4/c1-6-26(10-8-24(3)40-21-20-39-19-18-38-7-2)36-32-16-9-25(34)22-30(32)31-23-28(13-17-33(31)36)35(4)27-11-14-29(37-5)15-12-27/h8-17,22-23,30,32H,6-7,18-21,34H2,1-5H3/b24-8+,26-10+. The highest BCUT2D eigenvalue weighted by molar-refractivity contribution is 5.75. The number of hydrogen-bond donors (Lipinski definition) is 1. The van der Waals surface area contributed by atoms with Gasteiger partial charge in [0.05, 0.1) is 38.7 Å². The lowest BCUT2D eigenvalue weighted by Gasteiger charge is -2.31. The predicted molar refractivity (Wildman–Crippen MR) is 163 cm³/mol. The Morgan fingerprint density at radius 3 is 2.42 bits per heavy atom. The zero-order valence-electron chi connectivity index (χ0n) is 24.4. The quantitative estimate of drug-likeness (QED) is 0.167. The summed E-state index contributed by atoms with van der Waals surface area (Å²) in [7, 11) is 3.78. The third-order valence-electron chi connectivity index (χ3n) is 7.32. The van der Waals surface area contributed by atoms with Gasteiger partial charge in [-0.15, -0.1) is 0 Å². The van der Waals surface area contributed by atoms with Gasteiger partial charge in [-0.05, 0) is 86.5 Å². The number of fused-ring (bicyclic) bond motifs is 3. The lowest BCUT2D eigenvalue weighted by Crippen LogP contribution is -2.32. The van der Waals surface area contributed by atoms with E-state index in [4.69, 9.17) is 24.7 Å². The first-order chi connectivity index (χ1) is 19.5. The second-order valence-corrected chi connectivity index (χ2v) is 9.86. The van der Waals surface area contributed by atoms with Crippen LogP contribution in [-0.4, -0.2) is 53.2 Å². The largest absolute Gasteiger partial charge is 0.497 e. The average Bonchev–Trinajstić information content (AvgIpc) is 3.29. The van der Waals surface area contributed by atoms with Crippen LogP contribution in [-0.2, 0) is 14.2 Å². The lowest BCUT2D eigenvalue weighted by atomic mass is 9.90. The smallest absolute Gasteiger partial charge is 0.119 e. The Morgan fingerprint density at radius 1 is 0.975 bits per heavy atom. The molecule has 0 spiro atoms. The molecule has 4 rings (SSSR count). The molecule has 2 aromatic carbocycles. The Balaban J connectivity index is 1.54. The summed E-state index contributed by atoms with van der Waals surface area (Å²) >= 11 is 0. The predicted octanol–water partition coefficient (Wildman–Crippen LogP) is 6.42. The second kappa shape index (κ2) is 14.1. The minimum absolute atomic E-state index is 0.170. The molecule has 0 radical (unpaired) electrons. The Labute approximate surface area is 239 Å². The second-order valence-electron chi connectivity index (χ2n) is 9.86. The van der Waals surface area contributed by atoms with Crippen LogP contribution in [0, 0.1) is 0 Å². The molecule has 2 atom stereocenters. The zero-order chi connectivity index (χ0) is 28.5. The number of anilines is 3. The van der Waals surface area contributed by atoms with Crippen LogP contribution in [0.3, 0.4) is 0 Å². The highest BCUT2D eigenvalue weighted by Crippen LogP contribution is 2.48. The van der Waals surface area contributed by atoms with Gasteiger partial charge in [-0.1, -0.05) is 19.1 Å². The summed E-state index contributed by atoms with van der Waals surface area (Å²) in [5, 5.41) is 0. The van der Waals surface area contributed by atoms with Crippen LogP contribution in [0.15, 0.2) is 90.0 Å². The molecule has 2 unspecified atom stereocenters. The van der Waals surface area contributed by atoms with Crippen molar-refractivity contribution < 1.29 is 18.9 Å². The third kappa shape index (κ3) is 6.90. The Bertz CT molecular complexity index is 1250. The van der Waals surface area contributed by atoms with Crippen LogP contribution in [0.25, 0.3) is 0 Å². The maximum Gasteiger partial charge on any atom is 0.119 e. The van der Waals surface area contributed by atoms with Crippen LogP contribution < -0.4 is 20.3 Å². The minimum atomic E-state index is 0.170. The number of rotatable bonds is 14. The van der Waals surface area contributed by atoms with E-state index in [2.05, 4.69) is 78.4 Å². The number of hydrogen-bond acceptors (Lipinski definition) is 7. The first-order valence-electron chi connectivity index (χ1n) is 14.1. The monoisotopic (exact) mass is 545 g/mol. The fraction of sp³-hybridized carbons (Fsp3) is 0.394. The molecule has 0 saturated carbocycles. The number of methoxy groups -OCH3 is 1. The lowest BCUT2D eigenvalue weighted by molar-refractivity contribution is 0.0306. The minimum Gasteiger partial charge on any atom is -0.497 e. The van der Waals surface area contributed by atoms with Crippen molar-refractivity contribution in [3.63, 3.8) is 0 Å². The van der Waals surface area contributed by atoms with E-state index in [-0.39, 0.29) is 12.0 Å². The number of ether oxygens (including phenoxy) is 4. The van der Waals surface area contributed by atoms with Gasteiger partial charge in [-0.3, -0.25) is 0 Å². The SMILES string of the molecule is CCOCCOCCO/C(C)=C/C=C(\CC)N1c2ccc(N(C)c3ccc(OC)cc3)cc2C2C=C(N)C=CC21. The van der Waals surface area contributed by atoms with Gasteiger partial charge in [0.15, 0.2) is 0 Å². The molecule has 0 fully saturated rings. The fourth-order valence-corrected chi connectivity index (χ4v) is 5.17. The van der Waals surface area contributed by atoms with Crippen molar-refractivity contribution >= 4 is 17.1 Å². The molecule has 1 aliphatic carbocycles. The molecule has 7 nitrogen and oxygen atoms in total. The molecule has 7 heteroatoms. The summed E-state index contributed by atoms with van der Waals surface area (Å²) in [6, 6.07) is 15.0. The number of nitrogens with two attached hydrogens (primary N) is 1. The van der Waals surface area contributed by atoms with E-state index < -0.39 is 0 Å². The molecule has 0 bridgehead atoms. The van der Waals surface area contributed by atoms with E-state index in [0.29, 0.717) is 33.0 Å². The summed E-state index contributed by atoms with van der Waals surface area (Å²) in [5.41, 5.74) is 13.0. The molecule has 214 valence electrons. The van der Waals surface area contributed by atoms with Gasteiger partial charge in [0.1, 0.15) is 12.4 Å². The van der Waals surface area contributed by atoms with Crippen molar-refractivity contribution in [2.24, 2.45) is 5.73 Å². The van der Waals surface area contributed by atoms with Gasteiger partial charge >= 0.3 is 0 Å². The van der Waals surface area contributed by atoms with Crippen LogP contribution in [0.2, 0.25) is 0 Å². The van der Waals surface area contributed by atoms with Gasteiger partial charge in [0, 0.05) is 48.0 Å². The van der Waals surface area contributed by atoms with E-state index in [1.807, 2.05) is 32.1 Å². The molecule has 1 aliphatic heterocycles. The molecular weight excluding hydrogens is 502 g/mol. The summed E-state index contributed by atoms with van der Waals surface area (Å²) in [6.07, 6.45) is 11.5. The molecular formula is C33H43N3O4. The summed E-state index contributed by atoms with van der Waals surface area (Å²) in [5.74, 6) is 1.88. The fourth-order valence-electron chi connectivity index (χ4n) is 5.17. The molecule has 1 heterocycles. The molecule has 0 saturated heterocycles. The molecule has 2 aliphatic rings. The van der Waals surface area contributed by atoms with E-state index in [9.17, 15) is 0 Å². The third-order valence-corrected chi connectivity index (χ3v) is 7.32. The normalized spacial score (nSPS) is 18.3. The highest BCUT2D eigenvalue weighted by atomic mass is 16.5. The van der Waals surface area contributed by atoms with E-state index in [1.54, 1.807) is 7.11 Å². The van der Waals surface area contributed by atoms with E-state index in [1.165, 1.54) is 16.9 Å². The van der Waals surface area contributed by atoms with Gasteiger partial charge in [-0.2, -0.15) is 0 Å². The van der Waals surface area contributed by atoms with Crippen LogP contribution in [0.5, 0.6) is 5.75 Å². The topological polar surface area (TPSA) is 69.4 Å². The van der Waals surface area contributed by atoms with Crippen molar-refractivity contribution in [3.8, 4) is 5.75 Å². The van der Waals surface area contributed by atoms with Crippen molar-refractivity contribution in [3.05, 3.63) is 95.6 Å². The Morgan fingerprint density at radius 2 is 1.70 bits per heavy atom. The summed E-state index contributed by atoms with van der Waals surface area (Å²) in [6.45, 7) is 9.11. The first kappa shape index (κ1) is 29.3. The highest BCUT2D eigenvalue weighted by Gasteiger charge is 2.38. The van der Waals surface area contributed by atoms with Crippen molar-refractivity contribution in [2.75, 3.05) is 57.0 Å². The maximum absolute atomic E-state index is 6.28. The first-order valence-corrected chi connectivity index (χ1v) is 14.1. The Hall–Kier alpha value is -3.68. The molecule has 2 aromatic rings. The van der Waals surface area contributed by atoms with Crippen LogP contribution >= 0.6 is 0 Å². The number of allylic oxidation sites excluding steroid dienone is 5. The van der Waals surface area contributed by atoms with Crippen LogP contribution in [0.4, 0.5) is 17.1 Å². The number of benzene rings is 2.